The standard InChI is InChI=1S/C25H24F3N5O4S/c1-15(33(14-35)13-17-11-30-16(2)32-23(17)29)21(9-10-34)38-24(36)19-5-3-4-6-20(19)37-18-7-8-22(31-12-18)25(26,27)28/h3-8,11-12,14,34H,9-10,13H2,1-2H3,(H2,29,30,32). The average molecular weight is 548 g/mol. The van der Waals surface area contributed by atoms with Crippen LogP contribution in [0, 0.1) is 6.92 Å². The molecule has 0 unspecified atom stereocenters. The van der Waals surface area contributed by atoms with Crippen molar-refractivity contribution in [3.8, 4) is 11.5 Å². The fourth-order valence-electron chi connectivity index (χ4n) is 3.25. The number of aliphatic hydroxyl groups excluding tert-OH is 1. The van der Waals surface area contributed by atoms with Gasteiger partial charge in [-0.05, 0) is 49.9 Å². The van der Waals surface area contributed by atoms with Crippen molar-refractivity contribution in [1.82, 2.24) is 19.9 Å². The molecule has 0 bridgehead atoms. The smallest absolute Gasteiger partial charge is 0.433 e. The normalized spacial score (nSPS) is 12.1. The number of aliphatic hydroxyl groups is 1. The molecule has 2 aromatic heterocycles. The molecule has 200 valence electrons. The molecule has 3 rings (SSSR count). The predicted molar refractivity (Wildman–Crippen MR) is 135 cm³/mol. The Balaban J connectivity index is 1.84. The van der Waals surface area contributed by atoms with E-state index in [4.69, 9.17) is 10.5 Å². The molecule has 0 radical (unpaired) electrons. The molecule has 1 aromatic carbocycles. The largest absolute Gasteiger partial charge is 0.455 e. The van der Waals surface area contributed by atoms with Crippen molar-refractivity contribution in [1.29, 1.82) is 0 Å². The van der Waals surface area contributed by atoms with Gasteiger partial charge < -0.3 is 20.5 Å². The first kappa shape index (κ1) is 28.6. The SMILES string of the molecule is CC(=C(CCO)SC(=O)c1ccccc1Oc1ccc(C(F)(F)F)nc1)N(C=O)Cc1cnc(C)nc1N. The van der Waals surface area contributed by atoms with Crippen LogP contribution in [-0.4, -0.2) is 43.1 Å². The Morgan fingerprint density at radius 1 is 1.18 bits per heavy atom. The van der Waals surface area contributed by atoms with Gasteiger partial charge in [0.15, 0.2) is 0 Å². The summed E-state index contributed by atoms with van der Waals surface area (Å²) >= 11 is 0.795. The van der Waals surface area contributed by atoms with Gasteiger partial charge in [0.05, 0.1) is 18.3 Å². The van der Waals surface area contributed by atoms with Crippen molar-refractivity contribution >= 4 is 29.1 Å². The molecule has 9 nitrogen and oxygen atoms in total. The number of nitrogens with two attached hydrogens (primary N) is 1. The molecule has 3 N–H and O–H groups in total. The zero-order valence-electron chi connectivity index (χ0n) is 20.4. The molecule has 0 aliphatic rings. The Labute approximate surface area is 220 Å². The third kappa shape index (κ3) is 7.29. The number of benzene rings is 1. The van der Waals surface area contributed by atoms with Crippen LogP contribution in [-0.2, 0) is 17.5 Å². The number of amides is 1. The fraction of sp³-hybridized carbons (Fsp3) is 0.240. The molecular formula is C25H24F3N5O4S. The summed E-state index contributed by atoms with van der Waals surface area (Å²) in [6.07, 6.45) is -1.51. The predicted octanol–water partition coefficient (Wildman–Crippen LogP) is 4.72. The highest BCUT2D eigenvalue weighted by Gasteiger charge is 2.32. The van der Waals surface area contributed by atoms with E-state index in [9.17, 15) is 27.9 Å². The number of nitrogens with zero attached hydrogens (tertiary/aromatic N) is 4. The van der Waals surface area contributed by atoms with Gasteiger partial charge in [-0.15, -0.1) is 0 Å². The van der Waals surface area contributed by atoms with Crippen LogP contribution in [0.2, 0.25) is 0 Å². The van der Waals surface area contributed by atoms with E-state index < -0.39 is 17.0 Å². The monoisotopic (exact) mass is 547 g/mol. The van der Waals surface area contributed by atoms with E-state index in [1.165, 1.54) is 23.2 Å². The van der Waals surface area contributed by atoms with Crippen LogP contribution in [0.15, 0.2) is 59.4 Å². The van der Waals surface area contributed by atoms with Crippen LogP contribution < -0.4 is 10.5 Å². The van der Waals surface area contributed by atoms with Crippen LogP contribution >= 0.6 is 11.8 Å². The summed E-state index contributed by atoms with van der Waals surface area (Å²) in [6.45, 7) is 3.07. The molecule has 2 heterocycles. The highest BCUT2D eigenvalue weighted by atomic mass is 32.2. The zero-order valence-corrected chi connectivity index (χ0v) is 21.2. The Bertz CT molecular complexity index is 1330. The van der Waals surface area contributed by atoms with Crippen LogP contribution in [0.1, 0.15) is 40.8 Å². The number of allylic oxidation sites excluding steroid dienone is 1. The number of aromatic nitrogens is 3. The van der Waals surface area contributed by atoms with Crippen LogP contribution in [0.3, 0.4) is 0 Å². The topological polar surface area (TPSA) is 132 Å². The second-order valence-corrected chi connectivity index (χ2v) is 8.98. The molecule has 38 heavy (non-hydrogen) atoms. The van der Waals surface area contributed by atoms with E-state index in [1.807, 2.05) is 0 Å². The lowest BCUT2D eigenvalue weighted by atomic mass is 10.2. The van der Waals surface area contributed by atoms with E-state index in [1.54, 1.807) is 26.0 Å². The summed E-state index contributed by atoms with van der Waals surface area (Å²) in [6, 6.07) is 8.08. The van der Waals surface area contributed by atoms with Gasteiger partial charge in [-0.2, -0.15) is 13.2 Å². The zero-order chi connectivity index (χ0) is 27.9. The molecule has 0 aliphatic heterocycles. The van der Waals surface area contributed by atoms with Crippen molar-refractivity contribution in [2.24, 2.45) is 0 Å². The minimum absolute atomic E-state index is 0.00981. The molecule has 0 saturated heterocycles. The number of hydrogen-bond donors (Lipinski definition) is 2. The van der Waals surface area contributed by atoms with Crippen molar-refractivity contribution in [3.63, 3.8) is 0 Å². The van der Waals surface area contributed by atoms with Crippen LogP contribution in [0.4, 0.5) is 19.0 Å². The van der Waals surface area contributed by atoms with Gasteiger partial charge in [-0.1, -0.05) is 12.1 Å². The first-order valence-corrected chi connectivity index (χ1v) is 12.0. The number of pyridine rings is 1. The molecule has 1 amide bonds. The number of carbonyl (C=O) groups excluding carboxylic acids is 2. The molecule has 0 aliphatic carbocycles. The second-order valence-electron chi connectivity index (χ2n) is 7.91. The quantitative estimate of drug-likeness (QED) is 0.346. The van der Waals surface area contributed by atoms with E-state index in [0.717, 1.165) is 30.1 Å². The lowest BCUT2D eigenvalue weighted by Gasteiger charge is -2.22. The Hall–Kier alpha value is -3.97. The van der Waals surface area contributed by atoms with E-state index in [2.05, 4.69) is 15.0 Å². The Morgan fingerprint density at radius 2 is 1.92 bits per heavy atom. The number of thioether (sulfide) groups is 1. The number of nitrogen functional groups attached to an aromatic ring is 1. The number of ether oxygens (including phenoxy) is 1. The van der Waals surface area contributed by atoms with Crippen LogP contribution in [0.25, 0.3) is 0 Å². The molecule has 0 fully saturated rings. The highest BCUT2D eigenvalue weighted by Crippen LogP contribution is 2.34. The third-order valence-corrected chi connectivity index (χ3v) is 6.39. The molecule has 3 aromatic rings. The Kier molecular flexibility index (Phi) is 9.42. The molecule has 0 spiro atoms. The van der Waals surface area contributed by atoms with Gasteiger partial charge in [-0.25, -0.2) is 15.0 Å². The summed E-state index contributed by atoms with van der Waals surface area (Å²) in [7, 11) is 0. The first-order chi connectivity index (χ1) is 18.0. The maximum atomic E-state index is 13.2. The summed E-state index contributed by atoms with van der Waals surface area (Å²) in [5.74, 6) is 0.805. The van der Waals surface area contributed by atoms with Gasteiger partial charge >= 0.3 is 6.18 Å². The summed E-state index contributed by atoms with van der Waals surface area (Å²) in [4.78, 5) is 38.4. The van der Waals surface area contributed by atoms with Gasteiger partial charge in [-0.3, -0.25) is 9.59 Å². The average Bonchev–Trinajstić information content (AvgIpc) is 2.87. The van der Waals surface area contributed by atoms with Crippen molar-refractivity contribution in [2.45, 2.75) is 33.0 Å². The minimum Gasteiger partial charge on any atom is -0.455 e. The van der Waals surface area contributed by atoms with E-state index >= 15 is 0 Å². The van der Waals surface area contributed by atoms with Crippen LogP contribution in [0.5, 0.6) is 11.5 Å². The number of hydrogen-bond acceptors (Lipinski definition) is 9. The van der Waals surface area contributed by atoms with Crippen molar-refractivity contribution in [2.75, 3.05) is 12.3 Å². The van der Waals surface area contributed by atoms with Crippen molar-refractivity contribution in [3.05, 3.63) is 82.0 Å². The van der Waals surface area contributed by atoms with Gasteiger partial charge in [0, 0.05) is 35.4 Å². The number of aryl methyl sites for hydroxylation is 1. The third-order valence-electron chi connectivity index (χ3n) is 5.24. The number of alkyl halides is 3. The first-order valence-electron chi connectivity index (χ1n) is 11.2. The number of carbonyl (C=O) groups is 2. The molecule has 13 heteroatoms. The highest BCUT2D eigenvalue weighted by molar-refractivity contribution is 8.17. The number of anilines is 1. The molecule has 0 atom stereocenters. The minimum atomic E-state index is -4.59. The lowest BCUT2D eigenvalue weighted by molar-refractivity contribution is -0.141. The number of rotatable bonds is 10. The maximum Gasteiger partial charge on any atom is 0.433 e. The second kappa shape index (κ2) is 12.5. The van der Waals surface area contributed by atoms with Crippen molar-refractivity contribution < 1.29 is 32.6 Å². The molecule has 0 saturated carbocycles. The molecular weight excluding hydrogens is 523 g/mol. The number of halogens is 3. The van der Waals surface area contributed by atoms with E-state index in [0.29, 0.717) is 28.4 Å². The lowest BCUT2D eigenvalue weighted by Crippen LogP contribution is -2.22. The van der Waals surface area contributed by atoms with Gasteiger partial charge in [0.2, 0.25) is 11.5 Å². The van der Waals surface area contributed by atoms with Gasteiger partial charge in [0.1, 0.15) is 28.8 Å². The summed E-state index contributed by atoms with van der Waals surface area (Å²) < 4.78 is 44.0. The van der Waals surface area contributed by atoms with Gasteiger partial charge in [0.25, 0.3) is 0 Å². The summed E-state index contributed by atoms with van der Waals surface area (Å²) in [5.41, 5.74) is 5.92. The summed E-state index contributed by atoms with van der Waals surface area (Å²) in [5, 5.41) is 9.13. The maximum absolute atomic E-state index is 13.2. The Morgan fingerprint density at radius 3 is 2.53 bits per heavy atom. The van der Waals surface area contributed by atoms with E-state index in [-0.39, 0.29) is 42.5 Å². The fourth-order valence-corrected chi connectivity index (χ4v) is 4.21. The number of para-hydroxylation sites is 1.